The summed E-state index contributed by atoms with van der Waals surface area (Å²) in [4.78, 5) is 72.2. The molecule has 3 aromatic carbocycles. The Labute approximate surface area is 320 Å². The minimum absolute atomic E-state index is 0.0916. The SMILES string of the molecule is COC(=O)C1=CCCN1C(=O)C(c1ccccc1)n1cnc2cc(CNC(=O)[C@@H](COCc3ccccc3)NC(=O)C(C)(C)NC(=O)OC(C)(C)C)ccc21. The van der Waals surface area contributed by atoms with E-state index in [1.165, 1.54) is 25.9 Å². The van der Waals surface area contributed by atoms with E-state index in [1.807, 2.05) is 78.9 Å². The predicted molar refractivity (Wildman–Crippen MR) is 204 cm³/mol. The van der Waals surface area contributed by atoms with Gasteiger partial charge in [-0.15, -0.1) is 0 Å². The third kappa shape index (κ3) is 10.4. The molecule has 0 fully saturated rings. The van der Waals surface area contributed by atoms with Crippen molar-refractivity contribution in [3.05, 3.63) is 114 Å². The molecular weight excluding hydrogens is 704 g/mol. The van der Waals surface area contributed by atoms with Crippen LogP contribution in [0.25, 0.3) is 11.0 Å². The van der Waals surface area contributed by atoms with Gasteiger partial charge in [-0.05, 0) is 69.9 Å². The second-order valence-electron chi connectivity index (χ2n) is 14.6. The van der Waals surface area contributed by atoms with Crippen molar-refractivity contribution < 1.29 is 38.2 Å². The van der Waals surface area contributed by atoms with Gasteiger partial charge in [0.15, 0.2) is 0 Å². The Morgan fingerprint density at radius 3 is 2.25 bits per heavy atom. The van der Waals surface area contributed by atoms with Gasteiger partial charge in [-0.2, -0.15) is 0 Å². The number of fused-ring (bicyclic) bond motifs is 1. The van der Waals surface area contributed by atoms with E-state index in [1.54, 1.807) is 37.7 Å². The number of esters is 1. The van der Waals surface area contributed by atoms with E-state index in [0.717, 1.165) is 5.56 Å². The van der Waals surface area contributed by atoms with Crippen molar-refractivity contribution >= 4 is 40.8 Å². The van der Waals surface area contributed by atoms with Crippen molar-refractivity contribution in [3.63, 3.8) is 0 Å². The van der Waals surface area contributed by atoms with Gasteiger partial charge in [-0.25, -0.2) is 14.6 Å². The Morgan fingerprint density at radius 2 is 1.58 bits per heavy atom. The first-order valence-corrected chi connectivity index (χ1v) is 18.0. The molecule has 0 bridgehead atoms. The highest BCUT2D eigenvalue weighted by atomic mass is 16.6. The number of aromatic nitrogens is 2. The number of carbonyl (C=O) groups excluding carboxylic acids is 5. The van der Waals surface area contributed by atoms with Crippen LogP contribution < -0.4 is 16.0 Å². The number of nitrogens with zero attached hydrogens (tertiary/aromatic N) is 3. The molecule has 3 N–H and O–H groups in total. The summed E-state index contributed by atoms with van der Waals surface area (Å²) < 4.78 is 17.9. The number of ether oxygens (including phenoxy) is 3. The third-order valence-corrected chi connectivity index (χ3v) is 8.77. The van der Waals surface area contributed by atoms with Crippen LogP contribution in [0.1, 0.15) is 63.8 Å². The van der Waals surface area contributed by atoms with Gasteiger partial charge >= 0.3 is 12.1 Å². The summed E-state index contributed by atoms with van der Waals surface area (Å²) in [6, 6.07) is 22.2. The number of hydrogen-bond donors (Lipinski definition) is 3. The fraction of sp³-hybridized carbons (Fsp3) is 0.366. The van der Waals surface area contributed by atoms with Crippen molar-refractivity contribution in [2.45, 2.75) is 77.4 Å². The summed E-state index contributed by atoms with van der Waals surface area (Å²) in [7, 11) is 1.28. The summed E-state index contributed by atoms with van der Waals surface area (Å²) >= 11 is 0. The van der Waals surface area contributed by atoms with E-state index >= 15 is 0 Å². The molecule has 0 saturated carbocycles. The van der Waals surface area contributed by atoms with Crippen LogP contribution in [-0.4, -0.2) is 81.7 Å². The van der Waals surface area contributed by atoms with Crippen molar-refractivity contribution in [2.24, 2.45) is 0 Å². The van der Waals surface area contributed by atoms with Crippen molar-refractivity contribution in [1.82, 2.24) is 30.4 Å². The molecule has 1 unspecified atom stereocenters. The molecular formula is C41H48N6O8. The standard InChI is InChI=1S/C41H48N6O8/c1-40(2,3)55-39(52)45-41(4,5)38(51)44-31(25-54-24-27-14-9-7-10-15-27)35(48)42-23-28-19-20-32-30(22-28)43-26-47(32)34(29-16-11-8-12-17-29)36(49)46-21-13-18-33(46)37(50)53-6/h7-12,14-20,22,26,31,34H,13,21,23-25H2,1-6H3,(H,42,48)(H,44,51)(H,45,52)/t31-,34?/m1/s1. The summed E-state index contributed by atoms with van der Waals surface area (Å²) in [5.41, 5.74) is 1.58. The predicted octanol–water partition coefficient (Wildman–Crippen LogP) is 4.54. The molecule has 14 nitrogen and oxygen atoms in total. The average Bonchev–Trinajstić information content (AvgIpc) is 3.81. The zero-order valence-corrected chi connectivity index (χ0v) is 32.0. The van der Waals surface area contributed by atoms with Gasteiger partial charge in [0.05, 0.1) is 37.7 Å². The number of nitrogens with one attached hydrogen (secondary N) is 3. The van der Waals surface area contributed by atoms with E-state index in [0.29, 0.717) is 35.1 Å². The molecule has 2 heterocycles. The van der Waals surface area contributed by atoms with Gasteiger partial charge in [0, 0.05) is 13.1 Å². The van der Waals surface area contributed by atoms with E-state index in [9.17, 15) is 24.0 Å². The Balaban J connectivity index is 1.32. The summed E-state index contributed by atoms with van der Waals surface area (Å²) in [5, 5.41) is 8.17. The first kappa shape index (κ1) is 40.2. The number of imidazole rings is 1. The molecule has 0 aliphatic carbocycles. The number of carbonyl (C=O) groups is 5. The number of amides is 4. The molecule has 4 amide bonds. The first-order valence-electron chi connectivity index (χ1n) is 18.0. The largest absolute Gasteiger partial charge is 0.464 e. The smallest absolute Gasteiger partial charge is 0.408 e. The molecule has 1 aliphatic heterocycles. The number of benzene rings is 3. The first-order chi connectivity index (χ1) is 26.2. The van der Waals surface area contributed by atoms with Crippen LogP contribution in [-0.2, 0) is 46.5 Å². The van der Waals surface area contributed by atoms with E-state index in [2.05, 4.69) is 20.9 Å². The summed E-state index contributed by atoms with van der Waals surface area (Å²) in [6.07, 6.45) is 3.04. The lowest BCUT2D eigenvalue weighted by molar-refractivity contribution is -0.142. The second kappa shape index (κ2) is 17.4. The molecule has 1 aromatic heterocycles. The molecule has 0 spiro atoms. The zero-order valence-electron chi connectivity index (χ0n) is 32.0. The lowest BCUT2D eigenvalue weighted by Gasteiger charge is -2.29. The highest BCUT2D eigenvalue weighted by molar-refractivity contribution is 5.97. The fourth-order valence-corrected chi connectivity index (χ4v) is 6.00. The van der Waals surface area contributed by atoms with E-state index < -0.39 is 47.1 Å². The fourth-order valence-electron chi connectivity index (χ4n) is 6.00. The zero-order chi connectivity index (χ0) is 39.8. The van der Waals surface area contributed by atoms with Crippen molar-refractivity contribution in [1.29, 1.82) is 0 Å². The lowest BCUT2D eigenvalue weighted by Crippen LogP contribution is -2.60. The monoisotopic (exact) mass is 752 g/mol. The topological polar surface area (TPSA) is 170 Å². The maximum absolute atomic E-state index is 14.1. The van der Waals surface area contributed by atoms with Crippen LogP contribution in [0.3, 0.4) is 0 Å². The molecule has 0 radical (unpaired) electrons. The Kier molecular flexibility index (Phi) is 12.7. The molecule has 0 saturated heterocycles. The van der Waals surface area contributed by atoms with Crippen LogP contribution >= 0.6 is 0 Å². The van der Waals surface area contributed by atoms with Gasteiger partial charge in [-0.1, -0.05) is 72.8 Å². The molecule has 4 aromatic rings. The molecule has 290 valence electrons. The molecule has 14 heteroatoms. The lowest BCUT2D eigenvalue weighted by atomic mass is 10.0. The average molecular weight is 753 g/mol. The number of rotatable bonds is 14. The Hall–Kier alpha value is -6.02. The van der Waals surface area contributed by atoms with Crippen LogP contribution in [0.2, 0.25) is 0 Å². The molecule has 5 rings (SSSR count). The van der Waals surface area contributed by atoms with E-state index in [-0.39, 0.29) is 31.4 Å². The maximum Gasteiger partial charge on any atom is 0.408 e. The summed E-state index contributed by atoms with van der Waals surface area (Å²) in [5.74, 6) is -2.00. The maximum atomic E-state index is 14.1. The minimum Gasteiger partial charge on any atom is -0.464 e. The van der Waals surface area contributed by atoms with Crippen LogP contribution in [0.15, 0.2) is 97.0 Å². The highest BCUT2D eigenvalue weighted by Gasteiger charge is 2.36. The molecule has 2 atom stereocenters. The van der Waals surface area contributed by atoms with E-state index in [4.69, 9.17) is 14.2 Å². The molecule has 55 heavy (non-hydrogen) atoms. The Bertz CT molecular complexity index is 2040. The second-order valence-corrected chi connectivity index (χ2v) is 14.6. The third-order valence-electron chi connectivity index (χ3n) is 8.77. The van der Waals surface area contributed by atoms with Gasteiger partial charge in [0.2, 0.25) is 11.8 Å². The van der Waals surface area contributed by atoms with Crippen LogP contribution in [0.5, 0.6) is 0 Å². The van der Waals surface area contributed by atoms with Crippen LogP contribution in [0, 0.1) is 0 Å². The molecule has 1 aliphatic rings. The van der Waals surface area contributed by atoms with Crippen molar-refractivity contribution in [2.75, 3.05) is 20.3 Å². The minimum atomic E-state index is -1.42. The number of alkyl carbamates (subject to hydrolysis) is 1. The van der Waals surface area contributed by atoms with Gasteiger partial charge < -0.3 is 39.6 Å². The Morgan fingerprint density at radius 1 is 0.891 bits per heavy atom. The number of methoxy groups -OCH3 is 1. The van der Waals surface area contributed by atoms with Crippen molar-refractivity contribution in [3.8, 4) is 0 Å². The van der Waals surface area contributed by atoms with Crippen LogP contribution in [0.4, 0.5) is 4.79 Å². The van der Waals surface area contributed by atoms with Gasteiger partial charge in [0.1, 0.15) is 28.9 Å². The summed E-state index contributed by atoms with van der Waals surface area (Å²) in [6.45, 7) is 8.67. The number of hydrogen-bond acceptors (Lipinski definition) is 9. The normalized spacial score (nSPS) is 14.1. The van der Waals surface area contributed by atoms with Gasteiger partial charge in [-0.3, -0.25) is 14.4 Å². The quantitative estimate of drug-likeness (QED) is 0.157. The van der Waals surface area contributed by atoms with Gasteiger partial charge in [0.25, 0.3) is 5.91 Å². The highest BCUT2D eigenvalue weighted by Crippen LogP contribution is 2.29.